The van der Waals surface area contributed by atoms with Gasteiger partial charge in [0.05, 0.1) is 25.3 Å². The Bertz CT molecular complexity index is 864. The van der Waals surface area contributed by atoms with E-state index >= 15 is 0 Å². The molecule has 0 saturated carbocycles. The summed E-state index contributed by atoms with van der Waals surface area (Å²) in [7, 11) is -3.08. The molecule has 26 heavy (non-hydrogen) atoms. The van der Waals surface area contributed by atoms with E-state index in [1.165, 1.54) is 17.3 Å². The standard InChI is InChI=1S/C14H15Cl2N3O6S/c1-22-26(20,21)24-6-11-5-23-14(25-11,7-19-9-17-8-18-19)12-3-2-10(15)4-13(12)16/h2-4,8-9,11H,5-7H2,1H3. The second-order valence-corrected chi connectivity index (χ2v) is 7.61. The summed E-state index contributed by atoms with van der Waals surface area (Å²) in [6.07, 6.45) is 2.20. The van der Waals surface area contributed by atoms with Gasteiger partial charge in [0.1, 0.15) is 25.3 Å². The summed E-state index contributed by atoms with van der Waals surface area (Å²) < 4.78 is 45.0. The minimum atomic E-state index is -4.08. The molecule has 12 heteroatoms. The number of hydrogen-bond donors (Lipinski definition) is 0. The van der Waals surface area contributed by atoms with Crippen LogP contribution in [-0.4, -0.2) is 49.6 Å². The van der Waals surface area contributed by atoms with Crippen LogP contribution < -0.4 is 0 Å². The Hall–Kier alpha value is -1.27. The van der Waals surface area contributed by atoms with Gasteiger partial charge in [0.25, 0.3) is 0 Å². The Kier molecular flexibility index (Phi) is 5.82. The Morgan fingerprint density at radius 2 is 2.23 bits per heavy atom. The molecule has 0 amide bonds. The predicted octanol–water partition coefficient (Wildman–Crippen LogP) is 1.76. The first-order valence-corrected chi connectivity index (χ1v) is 9.47. The van der Waals surface area contributed by atoms with Crippen LogP contribution in [0.2, 0.25) is 10.0 Å². The predicted molar refractivity (Wildman–Crippen MR) is 90.9 cm³/mol. The SMILES string of the molecule is COS(=O)(=O)OCC1COC(Cn2cncn2)(c2ccc(Cl)cc2Cl)O1. The van der Waals surface area contributed by atoms with Gasteiger partial charge in [-0.25, -0.2) is 13.8 Å². The quantitative estimate of drug-likeness (QED) is 0.663. The van der Waals surface area contributed by atoms with Gasteiger partial charge in [-0.3, -0.25) is 4.18 Å². The lowest BCUT2D eigenvalue weighted by molar-refractivity contribution is -0.190. The monoisotopic (exact) mass is 423 g/mol. The molecular formula is C14H15Cl2N3O6S. The molecule has 0 spiro atoms. The van der Waals surface area contributed by atoms with Crippen LogP contribution in [0, 0.1) is 0 Å². The van der Waals surface area contributed by atoms with Gasteiger partial charge in [-0.2, -0.15) is 13.5 Å². The lowest BCUT2D eigenvalue weighted by Gasteiger charge is -2.29. The van der Waals surface area contributed by atoms with Crippen molar-refractivity contribution in [3.63, 3.8) is 0 Å². The van der Waals surface area contributed by atoms with Gasteiger partial charge in [0.15, 0.2) is 0 Å². The third-order valence-corrected chi connectivity index (χ3v) is 5.02. The van der Waals surface area contributed by atoms with Gasteiger partial charge < -0.3 is 9.47 Å². The van der Waals surface area contributed by atoms with Crippen LogP contribution in [-0.2, 0) is 40.6 Å². The smallest absolute Gasteiger partial charge is 0.342 e. The summed E-state index contributed by atoms with van der Waals surface area (Å²) in [6, 6.07) is 4.89. The molecule has 9 nitrogen and oxygen atoms in total. The molecule has 142 valence electrons. The second-order valence-electron chi connectivity index (χ2n) is 5.38. The van der Waals surface area contributed by atoms with Crippen LogP contribution in [0.3, 0.4) is 0 Å². The molecule has 1 aliphatic rings. The fourth-order valence-electron chi connectivity index (χ4n) is 2.49. The molecule has 0 aliphatic carbocycles. The summed E-state index contributed by atoms with van der Waals surface area (Å²) in [5, 5.41) is 4.84. The summed E-state index contributed by atoms with van der Waals surface area (Å²) in [5.41, 5.74) is 0.524. The van der Waals surface area contributed by atoms with Crippen LogP contribution in [0.15, 0.2) is 30.9 Å². The Morgan fingerprint density at radius 1 is 1.42 bits per heavy atom. The van der Waals surface area contributed by atoms with Crippen molar-refractivity contribution in [1.29, 1.82) is 0 Å². The highest BCUT2D eigenvalue weighted by atomic mass is 35.5. The fraction of sp³-hybridized carbons (Fsp3) is 0.429. The van der Waals surface area contributed by atoms with E-state index in [9.17, 15) is 8.42 Å². The van der Waals surface area contributed by atoms with Gasteiger partial charge in [0, 0.05) is 10.6 Å². The number of hydrogen-bond acceptors (Lipinski definition) is 8. The average Bonchev–Trinajstić information content (AvgIpc) is 3.24. The zero-order valence-electron chi connectivity index (χ0n) is 13.5. The number of rotatable bonds is 7. The molecule has 0 N–H and O–H groups in total. The van der Waals surface area contributed by atoms with Crippen molar-refractivity contribution >= 4 is 33.6 Å². The highest BCUT2D eigenvalue weighted by Gasteiger charge is 2.45. The maximum absolute atomic E-state index is 11.3. The van der Waals surface area contributed by atoms with E-state index in [-0.39, 0.29) is 19.8 Å². The minimum Gasteiger partial charge on any atom is -0.342 e. The fourth-order valence-corrected chi connectivity index (χ4v) is 3.46. The molecule has 1 aromatic carbocycles. The van der Waals surface area contributed by atoms with Gasteiger partial charge in [-0.15, -0.1) is 0 Å². The molecule has 0 radical (unpaired) electrons. The third-order valence-electron chi connectivity index (χ3n) is 3.64. The van der Waals surface area contributed by atoms with Crippen molar-refractivity contribution in [3.05, 3.63) is 46.5 Å². The molecule has 1 aliphatic heterocycles. The topological polar surface area (TPSA) is 102 Å². The van der Waals surface area contributed by atoms with Crippen molar-refractivity contribution in [2.24, 2.45) is 0 Å². The maximum Gasteiger partial charge on any atom is 0.399 e. The van der Waals surface area contributed by atoms with E-state index in [1.807, 2.05) is 0 Å². The first kappa shape index (κ1) is 19.5. The number of ether oxygens (including phenoxy) is 2. The number of nitrogens with zero attached hydrogens (tertiary/aromatic N) is 3. The van der Waals surface area contributed by atoms with Crippen molar-refractivity contribution in [2.45, 2.75) is 18.4 Å². The normalized spacial score (nSPS) is 23.4. The van der Waals surface area contributed by atoms with E-state index in [4.69, 9.17) is 36.9 Å². The highest BCUT2D eigenvalue weighted by Crippen LogP contribution is 2.40. The summed E-state index contributed by atoms with van der Waals surface area (Å²) >= 11 is 12.3. The van der Waals surface area contributed by atoms with E-state index in [2.05, 4.69) is 14.3 Å². The van der Waals surface area contributed by atoms with Crippen molar-refractivity contribution in [1.82, 2.24) is 14.8 Å². The second kappa shape index (κ2) is 7.77. The van der Waals surface area contributed by atoms with Crippen LogP contribution >= 0.6 is 23.2 Å². The van der Waals surface area contributed by atoms with Crippen LogP contribution in [0.5, 0.6) is 0 Å². The van der Waals surface area contributed by atoms with E-state index in [1.54, 1.807) is 18.2 Å². The molecule has 2 heterocycles. The van der Waals surface area contributed by atoms with Crippen LogP contribution in [0.25, 0.3) is 0 Å². The summed E-state index contributed by atoms with van der Waals surface area (Å²) in [6.45, 7) is -0.0603. The van der Waals surface area contributed by atoms with E-state index in [0.29, 0.717) is 15.6 Å². The van der Waals surface area contributed by atoms with Crippen LogP contribution in [0.4, 0.5) is 0 Å². The Balaban J connectivity index is 1.85. The molecule has 0 bridgehead atoms. The summed E-state index contributed by atoms with van der Waals surface area (Å²) in [4.78, 5) is 3.89. The van der Waals surface area contributed by atoms with Gasteiger partial charge in [0.2, 0.25) is 5.79 Å². The molecular weight excluding hydrogens is 409 g/mol. The lowest BCUT2D eigenvalue weighted by atomic mass is 10.1. The molecule has 2 unspecified atom stereocenters. The van der Waals surface area contributed by atoms with Crippen LogP contribution in [0.1, 0.15) is 5.56 Å². The van der Waals surface area contributed by atoms with Gasteiger partial charge in [-0.1, -0.05) is 29.3 Å². The molecule has 1 fully saturated rings. The number of aromatic nitrogens is 3. The molecule has 3 rings (SSSR count). The molecule has 2 atom stereocenters. The zero-order chi connectivity index (χ0) is 18.8. The van der Waals surface area contributed by atoms with Gasteiger partial charge in [-0.05, 0) is 12.1 Å². The van der Waals surface area contributed by atoms with Crippen molar-refractivity contribution in [3.8, 4) is 0 Å². The lowest BCUT2D eigenvalue weighted by Crippen LogP contribution is -2.35. The summed E-state index contributed by atoms with van der Waals surface area (Å²) in [5.74, 6) is -1.31. The van der Waals surface area contributed by atoms with E-state index < -0.39 is 22.3 Å². The first-order chi connectivity index (χ1) is 12.3. The minimum absolute atomic E-state index is 0.0763. The zero-order valence-corrected chi connectivity index (χ0v) is 15.9. The molecule has 2 aromatic rings. The average molecular weight is 424 g/mol. The number of benzene rings is 1. The largest absolute Gasteiger partial charge is 0.399 e. The third kappa shape index (κ3) is 4.34. The first-order valence-electron chi connectivity index (χ1n) is 7.38. The maximum atomic E-state index is 11.3. The van der Waals surface area contributed by atoms with Crippen molar-refractivity contribution < 1.29 is 26.3 Å². The molecule has 1 saturated heterocycles. The van der Waals surface area contributed by atoms with E-state index in [0.717, 1.165) is 7.11 Å². The Labute approximate surface area is 160 Å². The van der Waals surface area contributed by atoms with Crippen molar-refractivity contribution in [2.75, 3.05) is 20.3 Å². The molecule has 1 aromatic heterocycles. The van der Waals surface area contributed by atoms with Gasteiger partial charge >= 0.3 is 10.4 Å². The highest BCUT2D eigenvalue weighted by molar-refractivity contribution is 7.81. The number of halogens is 2. The Morgan fingerprint density at radius 3 is 2.88 bits per heavy atom.